The summed E-state index contributed by atoms with van der Waals surface area (Å²) in [6, 6.07) is 0.162. The molecule has 0 bridgehead atoms. The van der Waals surface area contributed by atoms with E-state index < -0.39 is 0 Å². The molecule has 2 fully saturated rings. The predicted octanol–water partition coefficient (Wildman–Crippen LogP) is 2.09. The zero-order chi connectivity index (χ0) is 11.4. The minimum Gasteiger partial charge on any atom is -0.381 e. The number of hydrogen-bond acceptors (Lipinski definition) is 3. The van der Waals surface area contributed by atoms with Crippen molar-refractivity contribution in [2.45, 2.75) is 57.1 Å². The number of rotatable bonds is 4. The highest BCUT2D eigenvalue weighted by Gasteiger charge is 2.43. The van der Waals surface area contributed by atoms with Gasteiger partial charge >= 0.3 is 0 Å². The van der Waals surface area contributed by atoms with Crippen LogP contribution in [0.4, 0.5) is 0 Å². The van der Waals surface area contributed by atoms with Gasteiger partial charge in [0.1, 0.15) is 0 Å². The van der Waals surface area contributed by atoms with E-state index >= 15 is 0 Å². The summed E-state index contributed by atoms with van der Waals surface area (Å²) in [5, 5.41) is 0. The molecule has 94 valence electrons. The van der Waals surface area contributed by atoms with Gasteiger partial charge in [0.25, 0.3) is 0 Å². The Morgan fingerprint density at radius 2 is 2.12 bits per heavy atom. The van der Waals surface area contributed by atoms with E-state index in [0.717, 1.165) is 39.1 Å². The largest absolute Gasteiger partial charge is 0.381 e. The fourth-order valence-electron chi connectivity index (χ4n) is 3.28. The van der Waals surface area contributed by atoms with Gasteiger partial charge < -0.3 is 15.2 Å². The molecule has 1 aliphatic carbocycles. The molecule has 1 saturated carbocycles. The normalized spacial score (nSPS) is 31.5. The van der Waals surface area contributed by atoms with Crippen LogP contribution in [0, 0.1) is 5.92 Å². The molecule has 0 aromatic rings. The molecule has 2 unspecified atom stereocenters. The molecule has 3 nitrogen and oxygen atoms in total. The highest BCUT2D eigenvalue weighted by Crippen LogP contribution is 2.37. The van der Waals surface area contributed by atoms with Crippen molar-refractivity contribution in [3.8, 4) is 0 Å². The zero-order valence-electron chi connectivity index (χ0n) is 10.4. The van der Waals surface area contributed by atoms with Gasteiger partial charge in [-0.2, -0.15) is 0 Å². The molecule has 2 atom stereocenters. The SMILES string of the molecule is CCOC1(C(N)C2CCOC2)CCCCC1. The molecule has 0 amide bonds. The van der Waals surface area contributed by atoms with Crippen molar-refractivity contribution in [3.63, 3.8) is 0 Å². The summed E-state index contributed by atoms with van der Waals surface area (Å²) in [6.07, 6.45) is 7.25. The van der Waals surface area contributed by atoms with Crippen molar-refractivity contribution < 1.29 is 9.47 Å². The number of ether oxygens (including phenoxy) is 2. The standard InChI is InChI=1S/C13H25NO2/c1-2-16-13(7-4-3-5-8-13)12(14)11-6-9-15-10-11/h11-12H,2-10,14H2,1H3. The molecular weight excluding hydrogens is 202 g/mol. The van der Waals surface area contributed by atoms with E-state index in [-0.39, 0.29) is 11.6 Å². The maximum Gasteiger partial charge on any atom is 0.0836 e. The van der Waals surface area contributed by atoms with Crippen LogP contribution in [0.25, 0.3) is 0 Å². The monoisotopic (exact) mass is 227 g/mol. The predicted molar refractivity (Wildman–Crippen MR) is 64.3 cm³/mol. The van der Waals surface area contributed by atoms with Gasteiger partial charge in [0.05, 0.1) is 12.2 Å². The lowest BCUT2D eigenvalue weighted by Gasteiger charge is -2.43. The van der Waals surface area contributed by atoms with Gasteiger partial charge in [-0.1, -0.05) is 19.3 Å². The van der Waals surface area contributed by atoms with Crippen LogP contribution in [0.2, 0.25) is 0 Å². The van der Waals surface area contributed by atoms with Crippen LogP contribution in [0.3, 0.4) is 0 Å². The van der Waals surface area contributed by atoms with Crippen LogP contribution in [0.5, 0.6) is 0 Å². The molecule has 2 rings (SSSR count). The van der Waals surface area contributed by atoms with Crippen LogP contribution in [-0.2, 0) is 9.47 Å². The summed E-state index contributed by atoms with van der Waals surface area (Å²) in [7, 11) is 0. The molecule has 2 aliphatic rings. The quantitative estimate of drug-likeness (QED) is 0.800. The molecule has 1 aliphatic heterocycles. The first-order valence-electron chi connectivity index (χ1n) is 6.76. The van der Waals surface area contributed by atoms with E-state index in [2.05, 4.69) is 6.92 Å². The van der Waals surface area contributed by atoms with Gasteiger partial charge in [0, 0.05) is 25.2 Å². The van der Waals surface area contributed by atoms with E-state index in [0.29, 0.717) is 5.92 Å². The molecule has 1 heterocycles. The maximum atomic E-state index is 6.47. The highest BCUT2D eigenvalue weighted by molar-refractivity contribution is 4.97. The molecule has 16 heavy (non-hydrogen) atoms. The van der Waals surface area contributed by atoms with E-state index in [1.165, 1.54) is 19.3 Å². The number of nitrogens with two attached hydrogens (primary N) is 1. The topological polar surface area (TPSA) is 44.5 Å². The molecule has 0 aromatic heterocycles. The Morgan fingerprint density at radius 1 is 1.38 bits per heavy atom. The molecule has 0 spiro atoms. The smallest absolute Gasteiger partial charge is 0.0836 e. The fourth-order valence-corrected chi connectivity index (χ4v) is 3.28. The molecule has 2 N–H and O–H groups in total. The van der Waals surface area contributed by atoms with Crippen molar-refractivity contribution in [1.82, 2.24) is 0 Å². The zero-order valence-corrected chi connectivity index (χ0v) is 10.4. The van der Waals surface area contributed by atoms with Crippen LogP contribution in [0.15, 0.2) is 0 Å². The minimum atomic E-state index is -0.0502. The van der Waals surface area contributed by atoms with Crippen molar-refractivity contribution in [2.24, 2.45) is 11.7 Å². The lowest BCUT2D eigenvalue weighted by atomic mass is 9.74. The second kappa shape index (κ2) is 5.48. The summed E-state index contributed by atoms with van der Waals surface area (Å²) < 4.78 is 11.5. The van der Waals surface area contributed by atoms with Crippen molar-refractivity contribution in [1.29, 1.82) is 0 Å². The number of hydrogen-bond donors (Lipinski definition) is 1. The Bertz CT molecular complexity index is 202. The van der Waals surface area contributed by atoms with Gasteiger partial charge in [0.2, 0.25) is 0 Å². The molecule has 0 radical (unpaired) electrons. The Hall–Kier alpha value is -0.120. The maximum absolute atomic E-state index is 6.47. The van der Waals surface area contributed by atoms with Gasteiger partial charge in [-0.25, -0.2) is 0 Å². The second-order valence-electron chi connectivity index (χ2n) is 5.21. The van der Waals surface area contributed by atoms with Gasteiger partial charge in [-0.05, 0) is 26.2 Å². The highest BCUT2D eigenvalue weighted by atomic mass is 16.5. The van der Waals surface area contributed by atoms with E-state index in [9.17, 15) is 0 Å². The summed E-state index contributed by atoms with van der Waals surface area (Å²) in [5.41, 5.74) is 6.42. The molecule has 3 heteroatoms. The first-order chi connectivity index (χ1) is 7.78. The van der Waals surface area contributed by atoms with Crippen LogP contribution < -0.4 is 5.73 Å². The van der Waals surface area contributed by atoms with Gasteiger partial charge in [-0.15, -0.1) is 0 Å². The average molecular weight is 227 g/mol. The molecular formula is C13H25NO2. The van der Waals surface area contributed by atoms with Gasteiger partial charge in [0.15, 0.2) is 0 Å². The summed E-state index contributed by atoms with van der Waals surface area (Å²) in [4.78, 5) is 0. The van der Waals surface area contributed by atoms with E-state index in [1.807, 2.05) is 0 Å². The van der Waals surface area contributed by atoms with E-state index in [4.69, 9.17) is 15.2 Å². The van der Waals surface area contributed by atoms with Crippen molar-refractivity contribution in [3.05, 3.63) is 0 Å². The van der Waals surface area contributed by atoms with Gasteiger partial charge in [-0.3, -0.25) is 0 Å². The van der Waals surface area contributed by atoms with Crippen LogP contribution in [0.1, 0.15) is 45.4 Å². The third-order valence-electron chi connectivity index (χ3n) is 4.21. The van der Waals surface area contributed by atoms with E-state index in [1.54, 1.807) is 0 Å². The Balaban J connectivity index is 2.03. The summed E-state index contributed by atoms with van der Waals surface area (Å²) in [6.45, 7) is 4.56. The van der Waals surface area contributed by atoms with Crippen molar-refractivity contribution >= 4 is 0 Å². The average Bonchev–Trinajstić information content (AvgIpc) is 2.83. The summed E-state index contributed by atoms with van der Waals surface area (Å²) in [5.74, 6) is 0.504. The lowest BCUT2D eigenvalue weighted by molar-refractivity contribution is -0.0935. The second-order valence-corrected chi connectivity index (χ2v) is 5.21. The molecule has 1 saturated heterocycles. The third kappa shape index (κ3) is 2.41. The Labute approximate surface area is 98.7 Å². The fraction of sp³-hybridized carbons (Fsp3) is 1.00. The first kappa shape index (κ1) is 12.3. The Kier molecular flexibility index (Phi) is 4.22. The van der Waals surface area contributed by atoms with Crippen molar-refractivity contribution in [2.75, 3.05) is 19.8 Å². The summed E-state index contributed by atoms with van der Waals surface area (Å²) >= 11 is 0. The van der Waals surface area contributed by atoms with Crippen LogP contribution >= 0.6 is 0 Å². The third-order valence-corrected chi connectivity index (χ3v) is 4.21. The lowest BCUT2D eigenvalue weighted by Crippen LogP contribution is -2.55. The molecule has 0 aromatic carbocycles. The van der Waals surface area contributed by atoms with Crippen LogP contribution in [-0.4, -0.2) is 31.5 Å². The minimum absolute atomic E-state index is 0.0502. The first-order valence-corrected chi connectivity index (χ1v) is 6.76. The Morgan fingerprint density at radius 3 is 2.69 bits per heavy atom.